The van der Waals surface area contributed by atoms with Crippen molar-refractivity contribution in [3.8, 4) is 0 Å². The molecule has 0 heterocycles. The predicted octanol–water partition coefficient (Wildman–Crippen LogP) is -3.04. The van der Waals surface area contributed by atoms with Crippen LogP contribution in [0, 0.1) is 0 Å². The minimum absolute atomic E-state index is 0. The molecule has 1 N–H and O–H groups in total. The molecule has 1 atom stereocenters. The summed E-state index contributed by atoms with van der Waals surface area (Å²) in [6.07, 6.45) is 0.928. The van der Waals surface area contributed by atoms with Gasteiger partial charge in [0.05, 0.1) is 0 Å². The van der Waals surface area contributed by atoms with E-state index >= 15 is 0 Å². The first-order valence-electron chi connectivity index (χ1n) is 3.67. The molecule has 76 valence electrons. The van der Waals surface area contributed by atoms with Crippen LogP contribution < -0.4 is 34.9 Å². The Labute approximate surface area is 106 Å². The van der Waals surface area contributed by atoms with E-state index in [2.05, 4.69) is 11.9 Å². The molecular formula is C7H12NNaO4S. The zero-order chi connectivity index (χ0) is 10.7. The largest absolute Gasteiger partial charge is 1.00 e. The van der Waals surface area contributed by atoms with Gasteiger partial charge in [0.15, 0.2) is 0 Å². The summed E-state index contributed by atoms with van der Waals surface area (Å²) in [6.45, 7) is 5.81. The van der Waals surface area contributed by atoms with Gasteiger partial charge in [-0.3, -0.25) is 4.79 Å². The standard InChI is InChI=1S/C7H13NO4S.Na/c1-4-6(9)8-7(3,5-2)13(10,11)12;/h4H,1,5H2,2-3H3,(H,8,9)(H,10,11,12);/q;+1/p-1. The van der Waals surface area contributed by atoms with Gasteiger partial charge in [-0.1, -0.05) is 13.5 Å². The van der Waals surface area contributed by atoms with Crippen molar-refractivity contribution in [3.63, 3.8) is 0 Å². The molecule has 5 nitrogen and oxygen atoms in total. The SMILES string of the molecule is C=CC(=O)NC(C)(CC)S(=O)(=O)[O-].[Na+]. The average molecular weight is 229 g/mol. The molecule has 0 saturated carbocycles. The van der Waals surface area contributed by atoms with Gasteiger partial charge in [-0.2, -0.15) is 0 Å². The van der Waals surface area contributed by atoms with Gasteiger partial charge in [0.25, 0.3) is 0 Å². The average Bonchev–Trinajstić information content (AvgIpc) is 2.02. The van der Waals surface area contributed by atoms with Crippen LogP contribution >= 0.6 is 0 Å². The van der Waals surface area contributed by atoms with Gasteiger partial charge in [-0.05, 0) is 19.4 Å². The number of amides is 1. The van der Waals surface area contributed by atoms with E-state index in [1.54, 1.807) is 0 Å². The summed E-state index contributed by atoms with van der Waals surface area (Å²) in [5.74, 6) is -0.677. The van der Waals surface area contributed by atoms with Crippen LogP contribution in [-0.4, -0.2) is 23.7 Å². The molecule has 0 bridgehead atoms. The van der Waals surface area contributed by atoms with Crippen LogP contribution in [0.25, 0.3) is 0 Å². The molecule has 1 unspecified atom stereocenters. The van der Waals surface area contributed by atoms with Crippen molar-refractivity contribution in [2.24, 2.45) is 0 Å². The van der Waals surface area contributed by atoms with Gasteiger partial charge < -0.3 is 9.87 Å². The van der Waals surface area contributed by atoms with E-state index in [1.165, 1.54) is 6.92 Å². The molecule has 1 amide bonds. The second kappa shape index (κ2) is 5.87. The zero-order valence-corrected chi connectivity index (χ0v) is 11.3. The molecule has 0 aliphatic carbocycles. The maximum Gasteiger partial charge on any atom is 1.00 e. The molecule has 0 aromatic carbocycles. The maximum absolute atomic E-state index is 10.8. The van der Waals surface area contributed by atoms with Crippen molar-refractivity contribution in [2.75, 3.05) is 0 Å². The van der Waals surface area contributed by atoms with E-state index in [9.17, 15) is 17.8 Å². The Morgan fingerprint density at radius 1 is 1.64 bits per heavy atom. The van der Waals surface area contributed by atoms with Crippen LogP contribution in [0.5, 0.6) is 0 Å². The molecule has 0 rings (SSSR count). The zero-order valence-electron chi connectivity index (χ0n) is 8.53. The fourth-order valence-electron chi connectivity index (χ4n) is 0.639. The summed E-state index contributed by atoms with van der Waals surface area (Å²) in [4.78, 5) is 9.05. The number of hydrogen-bond acceptors (Lipinski definition) is 4. The van der Waals surface area contributed by atoms with Crippen LogP contribution in [0.3, 0.4) is 0 Å². The first kappa shape index (κ1) is 16.5. The quantitative estimate of drug-likeness (QED) is 0.315. The molecular weight excluding hydrogens is 217 g/mol. The Morgan fingerprint density at radius 2 is 2.07 bits per heavy atom. The van der Waals surface area contributed by atoms with E-state index in [0.717, 1.165) is 13.0 Å². The maximum atomic E-state index is 10.8. The van der Waals surface area contributed by atoms with E-state index < -0.39 is 20.9 Å². The topological polar surface area (TPSA) is 86.3 Å². The number of carbonyl (C=O) groups is 1. The van der Waals surface area contributed by atoms with Gasteiger partial charge >= 0.3 is 29.6 Å². The van der Waals surface area contributed by atoms with Crippen molar-refractivity contribution in [1.82, 2.24) is 5.32 Å². The third-order valence-corrected chi connectivity index (χ3v) is 3.29. The molecule has 0 saturated heterocycles. The number of nitrogens with one attached hydrogen (secondary N) is 1. The molecule has 0 fully saturated rings. The van der Waals surface area contributed by atoms with E-state index in [-0.39, 0.29) is 36.0 Å². The van der Waals surface area contributed by atoms with Crippen molar-refractivity contribution in [1.29, 1.82) is 0 Å². The van der Waals surface area contributed by atoms with E-state index in [4.69, 9.17) is 0 Å². The van der Waals surface area contributed by atoms with E-state index in [1.807, 2.05) is 0 Å². The molecule has 14 heavy (non-hydrogen) atoms. The Kier molecular flexibility index (Phi) is 6.94. The Bertz CT molecular complexity index is 314. The first-order chi connectivity index (χ1) is 5.77. The smallest absolute Gasteiger partial charge is 0.746 e. The fraction of sp³-hybridized carbons (Fsp3) is 0.571. The third-order valence-electron chi connectivity index (χ3n) is 1.80. The van der Waals surface area contributed by atoms with Gasteiger partial charge in [-0.25, -0.2) is 8.42 Å². The summed E-state index contributed by atoms with van der Waals surface area (Å²) in [5, 5.41) is 2.08. The number of carbonyl (C=O) groups excluding carboxylic acids is 1. The van der Waals surface area contributed by atoms with Crippen LogP contribution in [0.15, 0.2) is 12.7 Å². The van der Waals surface area contributed by atoms with Gasteiger partial charge in [0.1, 0.15) is 15.0 Å². The Hall–Kier alpha value is 0.120. The molecule has 0 aromatic rings. The minimum atomic E-state index is -4.55. The third kappa shape index (κ3) is 4.10. The van der Waals surface area contributed by atoms with Crippen LogP contribution in [-0.2, 0) is 14.9 Å². The molecule has 0 aliphatic heterocycles. The Morgan fingerprint density at radius 3 is 2.29 bits per heavy atom. The second-order valence-corrected chi connectivity index (χ2v) is 4.54. The first-order valence-corrected chi connectivity index (χ1v) is 5.07. The molecule has 0 aliphatic rings. The van der Waals surface area contributed by atoms with Gasteiger partial charge in [0.2, 0.25) is 5.91 Å². The summed E-state index contributed by atoms with van der Waals surface area (Å²) < 4.78 is 32.2. The molecule has 7 heteroatoms. The normalized spacial score (nSPS) is 14.8. The minimum Gasteiger partial charge on any atom is -0.746 e. The van der Waals surface area contributed by atoms with Gasteiger partial charge in [0, 0.05) is 0 Å². The fourth-order valence-corrected chi connectivity index (χ4v) is 1.22. The molecule has 0 spiro atoms. The number of rotatable bonds is 4. The predicted molar refractivity (Wildman–Crippen MR) is 46.7 cm³/mol. The monoisotopic (exact) mass is 229 g/mol. The summed E-state index contributed by atoms with van der Waals surface area (Å²) in [6, 6.07) is 0. The van der Waals surface area contributed by atoms with Crippen molar-refractivity contribution in [3.05, 3.63) is 12.7 Å². The summed E-state index contributed by atoms with van der Waals surface area (Å²) in [5.41, 5.74) is 0. The van der Waals surface area contributed by atoms with Crippen molar-refractivity contribution >= 4 is 16.0 Å². The summed E-state index contributed by atoms with van der Waals surface area (Å²) in [7, 11) is -4.55. The second-order valence-electron chi connectivity index (χ2n) is 2.73. The molecule has 0 aromatic heterocycles. The van der Waals surface area contributed by atoms with Crippen molar-refractivity contribution < 1.29 is 47.3 Å². The number of hydrogen-bond donors (Lipinski definition) is 1. The van der Waals surface area contributed by atoms with Crippen molar-refractivity contribution in [2.45, 2.75) is 25.1 Å². The van der Waals surface area contributed by atoms with Crippen LogP contribution in [0.1, 0.15) is 20.3 Å². The van der Waals surface area contributed by atoms with Crippen LogP contribution in [0.4, 0.5) is 0 Å². The molecule has 0 radical (unpaired) electrons. The van der Waals surface area contributed by atoms with E-state index in [0.29, 0.717) is 0 Å². The van der Waals surface area contributed by atoms with Crippen LogP contribution in [0.2, 0.25) is 0 Å². The Balaban J connectivity index is 0. The van der Waals surface area contributed by atoms with Gasteiger partial charge in [-0.15, -0.1) is 0 Å². The summed E-state index contributed by atoms with van der Waals surface area (Å²) >= 11 is 0.